The summed E-state index contributed by atoms with van der Waals surface area (Å²) in [6.45, 7) is 3.89. The molecule has 2 atom stereocenters. The van der Waals surface area contributed by atoms with E-state index in [2.05, 4.69) is 0 Å². The van der Waals surface area contributed by atoms with E-state index in [0.29, 0.717) is 36.6 Å². The molecule has 1 spiro atoms. The van der Waals surface area contributed by atoms with Crippen molar-refractivity contribution in [3.63, 3.8) is 0 Å². The molecule has 3 saturated heterocycles. The number of carbonyl (C=O) groups is 2. The number of amides is 2. The van der Waals surface area contributed by atoms with Crippen LogP contribution in [0, 0.1) is 6.92 Å². The van der Waals surface area contributed by atoms with Crippen LogP contribution in [-0.2, 0) is 9.53 Å². The Hall–Kier alpha value is -1.59. The third-order valence-corrected chi connectivity index (χ3v) is 5.70. The Labute approximate surface area is 140 Å². The normalized spacial score (nSPS) is 29.7. The van der Waals surface area contributed by atoms with Gasteiger partial charge in [-0.15, -0.1) is 0 Å². The van der Waals surface area contributed by atoms with Crippen molar-refractivity contribution in [3.05, 3.63) is 34.3 Å². The standard InChI is InChI=1S/C17H19ClN2O3/c1-11-9-12(3-4-13(11)18)16(22)19-7-5-17-14(19)10-15(21)20(17)6-2-8-23-17/h3-4,9,14H,2,5-8,10H2,1H3/t14-,17+/m1/s1. The SMILES string of the molecule is Cc1cc(C(=O)N2CC[C@@]34OCCCN3C(=O)C[C@@H]24)ccc1Cl. The molecule has 6 heteroatoms. The van der Waals surface area contributed by atoms with E-state index in [1.54, 1.807) is 12.1 Å². The van der Waals surface area contributed by atoms with E-state index in [1.165, 1.54) is 0 Å². The van der Waals surface area contributed by atoms with Crippen LogP contribution in [0.1, 0.15) is 35.2 Å². The molecule has 5 nitrogen and oxygen atoms in total. The molecule has 0 aromatic heterocycles. The molecule has 0 aliphatic carbocycles. The van der Waals surface area contributed by atoms with Crippen molar-refractivity contribution in [1.29, 1.82) is 0 Å². The van der Waals surface area contributed by atoms with Crippen LogP contribution >= 0.6 is 11.6 Å². The topological polar surface area (TPSA) is 49.9 Å². The van der Waals surface area contributed by atoms with E-state index in [9.17, 15) is 9.59 Å². The molecule has 3 aliphatic heterocycles. The van der Waals surface area contributed by atoms with E-state index < -0.39 is 5.72 Å². The van der Waals surface area contributed by atoms with Crippen molar-refractivity contribution in [2.24, 2.45) is 0 Å². The van der Waals surface area contributed by atoms with Crippen molar-refractivity contribution >= 4 is 23.4 Å². The van der Waals surface area contributed by atoms with Crippen molar-refractivity contribution < 1.29 is 14.3 Å². The average molecular weight is 335 g/mol. The molecule has 4 rings (SSSR count). The highest BCUT2D eigenvalue weighted by molar-refractivity contribution is 6.31. The first-order valence-corrected chi connectivity index (χ1v) is 8.42. The Morgan fingerprint density at radius 2 is 2.22 bits per heavy atom. The van der Waals surface area contributed by atoms with Crippen LogP contribution in [0.15, 0.2) is 18.2 Å². The van der Waals surface area contributed by atoms with Gasteiger partial charge in [0.2, 0.25) is 5.91 Å². The van der Waals surface area contributed by atoms with Gasteiger partial charge in [-0.05, 0) is 37.1 Å². The summed E-state index contributed by atoms with van der Waals surface area (Å²) in [4.78, 5) is 28.9. The summed E-state index contributed by atoms with van der Waals surface area (Å²) in [5, 5.41) is 0.650. The number of nitrogens with zero attached hydrogens (tertiary/aromatic N) is 2. The molecule has 0 radical (unpaired) electrons. The van der Waals surface area contributed by atoms with Crippen molar-refractivity contribution in [1.82, 2.24) is 9.80 Å². The average Bonchev–Trinajstić information content (AvgIpc) is 3.02. The summed E-state index contributed by atoms with van der Waals surface area (Å²) in [5.74, 6) is 0.0509. The molecular weight excluding hydrogens is 316 g/mol. The minimum atomic E-state index is -0.591. The lowest BCUT2D eigenvalue weighted by Gasteiger charge is -2.42. The predicted octanol–water partition coefficient (Wildman–Crippen LogP) is 2.21. The summed E-state index contributed by atoms with van der Waals surface area (Å²) in [6, 6.07) is 5.13. The maximum Gasteiger partial charge on any atom is 0.254 e. The number of hydrogen-bond acceptors (Lipinski definition) is 3. The van der Waals surface area contributed by atoms with Gasteiger partial charge in [0.05, 0.1) is 19.1 Å². The molecule has 3 aliphatic rings. The van der Waals surface area contributed by atoms with Crippen molar-refractivity contribution in [3.8, 4) is 0 Å². The first kappa shape index (κ1) is 15.0. The van der Waals surface area contributed by atoms with Gasteiger partial charge in [0.25, 0.3) is 5.91 Å². The van der Waals surface area contributed by atoms with Crippen LogP contribution in [0.5, 0.6) is 0 Å². The summed E-state index contributed by atoms with van der Waals surface area (Å²) in [5.41, 5.74) is 0.905. The lowest BCUT2D eigenvalue weighted by molar-refractivity contribution is -0.179. The molecule has 0 unspecified atom stereocenters. The van der Waals surface area contributed by atoms with Gasteiger partial charge in [-0.25, -0.2) is 0 Å². The zero-order chi connectivity index (χ0) is 16.2. The third kappa shape index (κ3) is 2.10. The fourth-order valence-corrected chi connectivity index (χ4v) is 4.25. The van der Waals surface area contributed by atoms with Gasteiger partial charge in [-0.1, -0.05) is 11.6 Å². The minimum Gasteiger partial charge on any atom is -0.353 e. The van der Waals surface area contributed by atoms with Crippen LogP contribution in [0.25, 0.3) is 0 Å². The third-order valence-electron chi connectivity index (χ3n) is 5.28. The first-order valence-electron chi connectivity index (χ1n) is 8.04. The zero-order valence-electron chi connectivity index (χ0n) is 13.0. The summed E-state index contributed by atoms with van der Waals surface area (Å²) in [7, 11) is 0. The molecule has 23 heavy (non-hydrogen) atoms. The highest BCUT2D eigenvalue weighted by Gasteiger charge is 2.61. The number of ether oxygens (including phenoxy) is 1. The predicted molar refractivity (Wildman–Crippen MR) is 85.3 cm³/mol. The Balaban J connectivity index is 1.64. The minimum absolute atomic E-state index is 0.0459. The monoisotopic (exact) mass is 334 g/mol. The number of benzene rings is 1. The van der Waals surface area contributed by atoms with Gasteiger partial charge < -0.3 is 14.5 Å². The van der Waals surface area contributed by atoms with Crippen LogP contribution in [-0.4, -0.2) is 53.1 Å². The Bertz CT molecular complexity index is 692. The maximum atomic E-state index is 12.9. The molecule has 3 fully saturated rings. The number of halogens is 1. The smallest absolute Gasteiger partial charge is 0.254 e. The molecular formula is C17H19ClN2O3. The molecule has 0 N–H and O–H groups in total. The Morgan fingerprint density at radius 3 is 3.00 bits per heavy atom. The first-order chi connectivity index (χ1) is 11.0. The van der Waals surface area contributed by atoms with Gasteiger partial charge in [-0.2, -0.15) is 0 Å². The molecule has 2 amide bonds. The Kier molecular flexibility index (Phi) is 3.39. The van der Waals surface area contributed by atoms with Gasteiger partial charge >= 0.3 is 0 Å². The molecule has 1 aromatic carbocycles. The lowest BCUT2D eigenvalue weighted by atomic mass is 10.0. The summed E-state index contributed by atoms with van der Waals surface area (Å²) in [6.07, 6.45) is 1.92. The molecule has 3 heterocycles. The highest BCUT2D eigenvalue weighted by Crippen LogP contribution is 2.45. The van der Waals surface area contributed by atoms with Gasteiger partial charge in [0.15, 0.2) is 5.72 Å². The van der Waals surface area contributed by atoms with Gasteiger partial charge in [0.1, 0.15) is 0 Å². The number of likely N-dealkylation sites (tertiary alicyclic amines) is 1. The van der Waals surface area contributed by atoms with Crippen LogP contribution in [0.4, 0.5) is 0 Å². The molecule has 1 aromatic rings. The molecule has 122 valence electrons. The van der Waals surface area contributed by atoms with Crippen molar-refractivity contribution in [2.45, 2.75) is 38.0 Å². The van der Waals surface area contributed by atoms with Gasteiger partial charge in [-0.3, -0.25) is 9.59 Å². The van der Waals surface area contributed by atoms with E-state index >= 15 is 0 Å². The second-order valence-electron chi connectivity index (χ2n) is 6.52. The lowest BCUT2D eigenvalue weighted by Crippen LogP contribution is -2.56. The fourth-order valence-electron chi connectivity index (χ4n) is 4.14. The number of aryl methyl sites for hydroxylation is 1. The van der Waals surface area contributed by atoms with Crippen LogP contribution in [0.3, 0.4) is 0 Å². The quantitative estimate of drug-likeness (QED) is 0.791. The zero-order valence-corrected chi connectivity index (χ0v) is 13.8. The number of rotatable bonds is 1. The Morgan fingerprint density at radius 1 is 1.39 bits per heavy atom. The largest absolute Gasteiger partial charge is 0.353 e. The highest BCUT2D eigenvalue weighted by atomic mass is 35.5. The van der Waals surface area contributed by atoms with E-state index in [4.69, 9.17) is 16.3 Å². The fraction of sp³-hybridized carbons (Fsp3) is 0.529. The van der Waals surface area contributed by atoms with Crippen LogP contribution < -0.4 is 0 Å². The van der Waals surface area contributed by atoms with E-state index in [1.807, 2.05) is 22.8 Å². The number of carbonyl (C=O) groups excluding carboxylic acids is 2. The summed E-state index contributed by atoms with van der Waals surface area (Å²) < 4.78 is 6.03. The maximum absolute atomic E-state index is 12.9. The van der Waals surface area contributed by atoms with Crippen LogP contribution in [0.2, 0.25) is 5.02 Å². The second-order valence-corrected chi connectivity index (χ2v) is 6.93. The molecule has 0 bridgehead atoms. The van der Waals surface area contributed by atoms with Gasteiger partial charge in [0, 0.05) is 30.1 Å². The van der Waals surface area contributed by atoms with Crippen molar-refractivity contribution in [2.75, 3.05) is 19.7 Å². The second kappa shape index (κ2) is 5.21. The van der Waals surface area contributed by atoms with E-state index in [-0.39, 0.29) is 17.9 Å². The molecule has 0 saturated carbocycles. The summed E-state index contributed by atoms with van der Waals surface area (Å²) >= 11 is 6.05. The van der Waals surface area contributed by atoms with E-state index in [0.717, 1.165) is 18.5 Å². The number of hydrogen-bond donors (Lipinski definition) is 0.